The number of aliphatic hydroxyl groups is 1. The molecule has 1 atom stereocenters. The number of nitrogens with zero attached hydrogens (tertiary/aromatic N) is 1. The average Bonchev–Trinajstić information content (AvgIpc) is 2.81. The highest BCUT2D eigenvalue weighted by atomic mass is 16.3. The number of benzene rings is 1. The molecule has 1 rings (SSSR count). The second-order valence-electron chi connectivity index (χ2n) is 10.9. The minimum absolute atomic E-state index is 0.113. The van der Waals surface area contributed by atoms with Crippen molar-refractivity contribution in [3.63, 3.8) is 0 Å². The van der Waals surface area contributed by atoms with E-state index in [1.165, 1.54) is 63.4 Å². The maximum absolute atomic E-state index is 12.1. The molecule has 0 saturated heterocycles. The summed E-state index contributed by atoms with van der Waals surface area (Å²) in [6.07, 6.45) is 18.1. The Morgan fingerprint density at radius 2 is 1.38 bits per heavy atom. The number of hydrogen-bond donors (Lipinski definition) is 2. The normalized spacial score (nSPS) is 12.6. The molecule has 0 heterocycles. The highest BCUT2D eigenvalue weighted by Gasteiger charge is 2.15. The van der Waals surface area contributed by atoms with Gasteiger partial charge in [-0.15, -0.1) is 0 Å². The fraction of sp³-hybridized carbons (Fsp3) is 0.767. The van der Waals surface area contributed by atoms with Crippen LogP contribution in [0.1, 0.15) is 115 Å². The van der Waals surface area contributed by atoms with Gasteiger partial charge in [0.25, 0.3) is 0 Å². The van der Waals surface area contributed by atoms with Crippen LogP contribution in [-0.4, -0.2) is 48.8 Å². The summed E-state index contributed by atoms with van der Waals surface area (Å²) in [6.45, 7) is 5.10. The van der Waals surface area contributed by atoms with Crippen molar-refractivity contribution in [1.82, 2.24) is 5.32 Å². The van der Waals surface area contributed by atoms with Gasteiger partial charge in [-0.3, -0.25) is 4.79 Å². The molecule has 4 nitrogen and oxygen atoms in total. The number of carbonyl (C=O) groups is 1. The van der Waals surface area contributed by atoms with Crippen LogP contribution in [0.25, 0.3) is 0 Å². The number of nitrogens with one attached hydrogen (secondary N) is 1. The van der Waals surface area contributed by atoms with Crippen molar-refractivity contribution in [3.05, 3.63) is 35.9 Å². The fourth-order valence-electron chi connectivity index (χ4n) is 4.66. The molecular weight excluding hydrogens is 420 g/mol. The van der Waals surface area contributed by atoms with Crippen LogP contribution in [0, 0.1) is 0 Å². The summed E-state index contributed by atoms with van der Waals surface area (Å²) >= 11 is 0. The minimum atomic E-state index is -0.113. The summed E-state index contributed by atoms with van der Waals surface area (Å²) in [7, 11) is 4.51. The molecule has 0 aliphatic carbocycles. The Kier molecular flexibility index (Phi) is 17.9. The standard InChI is InChI=1S/C30H54N2O2/c1-4-5-6-7-8-10-16-22-29(33)23-17-11-9-12-18-24-30(34)31-25-19-26-32(2,3)27-28-20-14-13-15-21-28/h13-15,20-21,29,33H,4-12,16-19,22-27H2,1-3H3/p+1. The van der Waals surface area contributed by atoms with Crippen molar-refractivity contribution in [2.75, 3.05) is 27.2 Å². The lowest BCUT2D eigenvalue weighted by molar-refractivity contribution is -0.903. The molecule has 0 aromatic heterocycles. The molecule has 4 heteroatoms. The van der Waals surface area contributed by atoms with Gasteiger partial charge < -0.3 is 14.9 Å². The Labute approximate surface area is 211 Å². The molecule has 1 aromatic carbocycles. The van der Waals surface area contributed by atoms with Crippen molar-refractivity contribution in [1.29, 1.82) is 0 Å². The largest absolute Gasteiger partial charge is 0.393 e. The van der Waals surface area contributed by atoms with E-state index in [0.717, 1.165) is 62.6 Å². The van der Waals surface area contributed by atoms with Gasteiger partial charge >= 0.3 is 0 Å². The maximum atomic E-state index is 12.1. The third-order valence-corrected chi connectivity index (χ3v) is 6.80. The zero-order valence-electron chi connectivity index (χ0n) is 22.7. The van der Waals surface area contributed by atoms with E-state index < -0.39 is 0 Å². The van der Waals surface area contributed by atoms with Gasteiger partial charge in [0.2, 0.25) is 5.91 Å². The Balaban J connectivity index is 1.90. The van der Waals surface area contributed by atoms with Gasteiger partial charge in [0.15, 0.2) is 0 Å². The van der Waals surface area contributed by atoms with Crippen molar-refractivity contribution in [2.24, 2.45) is 0 Å². The molecule has 0 aliphatic heterocycles. The lowest BCUT2D eigenvalue weighted by atomic mass is 10.0. The van der Waals surface area contributed by atoms with Crippen LogP contribution < -0.4 is 5.32 Å². The Morgan fingerprint density at radius 3 is 2.00 bits per heavy atom. The first-order valence-corrected chi connectivity index (χ1v) is 14.2. The van der Waals surface area contributed by atoms with Gasteiger partial charge in [-0.25, -0.2) is 0 Å². The van der Waals surface area contributed by atoms with Gasteiger partial charge in [-0.2, -0.15) is 0 Å². The van der Waals surface area contributed by atoms with E-state index in [1.807, 2.05) is 0 Å². The maximum Gasteiger partial charge on any atom is 0.219 e. The molecule has 2 N–H and O–H groups in total. The van der Waals surface area contributed by atoms with E-state index >= 15 is 0 Å². The molecule has 0 spiro atoms. The summed E-state index contributed by atoms with van der Waals surface area (Å²) < 4.78 is 0.938. The van der Waals surface area contributed by atoms with Crippen LogP contribution in [0.15, 0.2) is 30.3 Å². The zero-order valence-corrected chi connectivity index (χ0v) is 22.7. The lowest BCUT2D eigenvalue weighted by Gasteiger charge is -2.30. The van der Waals surface area contributed by atoms with E-state index in [9.17, 15) is 9.90 Å². The highest BCUT2D eigenvalue weighted by molar-refractivity contribution is 5.75. The first-order valence-electron chi connectivity index (χ1n) is 14.2. The molecular formula is C30H55N2O2+. The summed E-state index contributed by atoms with van der Waals surface area (Å²) in [5.74, 6) is 0.193. The van der Waals surface area contributed by atoms with E-state index in [0.29, 0.717) is 6.42 Å². The van der Waals surface area contributed by atoms with Gasteiger partial charge in [-0.1, -0.05) is 108 Å². The first kappa shape index (κ1) is 30.6. The zero-order chi connectivity index (χ0) is 24.9. The molecule has 1 unspecified atom stereocenters. The van der Waals surface area contributed by atoms with E-state index in [-0.39, 0.29) is 12.0 Å². The number of aliphatic hydroxyl groups excluding tert-OH is 1. The summed E-state index contributed by atoms with van der Waals surface area (Å²) in [5.41, 5.74) is 1.36. The smallest absolute Gasteiger partial charge is 0.219 e. The van der Waals surface area contributed by atoms with Crippen LogP contribution in [0.3, 0.4) is 0 Å². The summed E-state index contributed by atoms with van der Waals surface area (Å²) in [6, 6.07) is 10.6. The summed E-state index contributed by atoms with van der Waals surface area (Å²) in [4.78, 5) is 12.1. The number of amides is 1. The second-order valence-corrected chi connectivity index (χ2v) is 10.9. The Morgan fingerprint density at radius 1 is 0.824 bits per heavy atom. The number of quaternary nitrogens is 1. The third-order valence-electron chi connectivity index (χ3n) is 6.80. The molecule has 0 saturated carbocycles. The first-order chi connectivity index (χ1) is 16.4. The van der Waals surface area contributed by atoms with Crippen molar-refractivity contribution in [2.45, 2.75) is 122 Å². The molecule has 196 valence electrons. The van der Waals surface area contributed by atoms with Gasteiger partial charge in [0.05, 0.1) is 26.7 Å². The van der Waals surface area contributed by atoms with Crippen LogP contribution in [0.5, 0.6) is 0 Å². The van der Waals surface area contributed by atoms with E-state index in [4.69, 9.17) is 0 Å². The van der Waals surface area contributed by atoms with E-state index in [1.54, 1.807) is 0 Å². The number of unbranched alkanes of at least 4 members (excludes halogenated alkanes) is 10. The topological polar surface area (TPSA) is 49.3 Å². The van der Waals surface area contributed by atoms with Gasteiger partial charge in [0.1, 0.15) is 6.54 Å². The molecule has 0 aliphatic rings. The predicted molar refractivity (Wildman–Crippen MR) is 146 cm³/mol. The average molecular weight is 476 g/mol. The third kappa shape index (κ3) is 18.0. The quantitative estimate of drug-likeness (QED) is 0.140. The molecule has 0 bridgehead atoms. The Bertz CT molecular complexity index is 603. The van der Waals surface area contributed by atoms with Crippen LogP contribution in [-0.2, 0) is 11.3 Å². The van der Waals surface area contributed by atoms with Crippen molar-refractivity contribution in [3.8, 4) is 0 Å². The van der Waals surface area contributed by atoms with E-state index in [2.05, 4.69) is 56.7 Å². The predicted octanol–water partition coefficient (Wildman–Crippen LogP) is 7.00. The molecule has 1 aromatic rings. The fourth-order valence-corrected chi connectivity index (χ4v) is 4.66. The highest BCUT2D eigenvalue weighted by Crippen LogP contribution is 2.14. The van der Waals surface area contributed by atoms with Crippen LogP contribution in [0.2, 0.25) is 0 Å². The number of carbonyl (C=O) groups excluding carboxylic acids is 1. The van der Waals surface area contributed by atoms with Crippen LogP contribution in [0.4, 0.5) is 0 Å². The monoisotopic (exact) mass is 475 g/mol. The van der Waals surface area contributed by atoms with Crippen molar-refractivity contribution >= 4 is 5.91 Å². The Hall–Kier alpha value is -1.39. The SMILES string of the molecule is CCCCCCCCCC(O)CCCCCCCC(=O)NCCC[N+](C)(C)Cc1ccccc1. The molecule has 0 fully saturated rings. The number of rotatable bonds is 22. The molecule has 1 amide bonds. The minimum Gasteiger partial charge on any atom is -0.393 e. The second kappa shape index (κ2) is 19.9. The van der Waals surface area contributed by atoms with Gasteiger partial charge in [-0.05, 0) is 19.3 Å². The van der Waals surface area contributed by atoms with Crippen molar-refractivity contribution < 1.29 is 14.4 Å². The number of hydrogen-bond acceptors (Lipinski definition) is 2. The summed E-state index contributed by atoms with van der Waals surface area (Å²) in [5, 5.41) is 13.2. The van der Waals surface area contributed by atoms with Gasteiger partial charge in [0, 0.05) is 24.9 Å². The van der Waals surface area contributed by atoms with Crippen LogP contribution >= 0.6 is 0 Å². The molecule has 34 heavy (non-hydrogen) atoms. The lowest BCUT2D eigenvalue weighted by Crippen LogP contribution is -2.41. The molecule has 0 radical (unpaired) electrons.